The highest BCUT2D eigenvalue weighted by molar-refractivity contribution is 5.35. The number of hydrogen-bond donors (Lipinski definition) is 4. The molecule has 1 aromatic rings. The first-order valence-electron chi connectivity index (χ1n) is 5.30. The van der Waals surface area contributed by atoms with Gasteiger partial charge in [0.2, 0.25) is 0 Å². The molecular formula is C11H15NO4. The third-order valence-electron chi connectivity index (χ3n) is 3.34. The Morgan fingerprint density at radius 2 is 2.25 bits per heavy atom. The quantitative estimate of drug-likeness (QED) is 0.506. The van der Waals surface area contributed by atoms with E-state index in [1.165, 1.54) is 6.20 Å². The number of H-pyrrole nitrogens is 1. The molecule has 0 fully saturated rings. The number of aromatic nitrogens is 1. The van der Waals surface area contributed by atoms with Crippen LogP contribution in [-0.2, 0) is 12.0 Å². The molecule has 5 nitrogen and oxygen atoms in total. The zero-order valence-corrected chi connectivity index (χ0v) is 8.97. The van der Waals surface area contributed by atoms with Gasteiger partial charge in [-0.25, -0.2) is 0 Å². The first kappa shape index (κ1) is 11.3. The minimum Gasteiger partial charge on any atom is -0.390 e. The molecule has 5 heteroatoms. The summed E-state index contributed by atoms with van der Waals surface area (Å²) in [6, 6.07) is 1.58. The molecule has 0 saturated carbocycles. The Morgan fingerprint density at radius 3 is 2.88 bits per heavy atom. The molecule has 3 atom stereocenters. The van der Waals surface area contributed by atoms with Crippen LogP contribution in [0.2, 0.25) is 0 Å². The maximum atomic E-state index is 11.6. The monoisotopic (exact) mass is 225 g/mol. The molecule has 0 amide bonds. The van der Waals surface area contributed by atoms with Crippen LogP contribution in [0.4, 0.5) is 0 Å². The van der Waals surface area contributed by atoms with E-state index in [0.29, 0.717) is 11.1 Å². The second-order valence-electron chi connectivity index (χ2n) is 4.19. The van der Waals surface area contributed by atoms with E-state index in [9.17, 15) is 20.1 Å². The van der Waals surface area contributed by atoms with Crippen LogP contribution in [0.1, 0.15) is 24.5 Å². The van der Waals surface area contributed by atoms with Crippen molar-refractivity contribution in [2.24, 2.45) is 0 Å². The summed E-state index contributed by atoms with van der Waals surface area (Å²) >= 11 is 0. The Kier molecular flexibility index (Phi) is 2.61. The van der Waals surface area contributed by atoms with Crippen molar-refractivity contribution in [1.82, 2.24) is 4.98 Å². The molecule has 1 aromatic heterocycles. The number of fused-ring (bicyclic) bond motifs is 1. The number of aromatic amines is 1. The van der Waals surface area contributed by atoms with Gasteiger partial charge >= 0.3 is 0 Å². The van der Waals surface area contributed by atoms with Gasteiger partial charge < -0.3 is 20.3 Å². The lowest BCUT2D eigenvalue weighted by Crippen LogP contribution is -2.52. The highest BCUT2D eigenvalue weighted by Gasteiger charge is 2.46. The minimum absolute atomic E-state index is 0.0645. The van der Waals surface area contributed by atoms with Crippen LogP contribution in [-0.4, -0.2) is 32.5 Å². The van der Waals surface area contributed by atoms with Gasteiger partial charge in [0.05, 0.1) is 6.10 Å². The predicted octanol–water partition coefficient (Wildman–Crippen LogP) is -0.750. The van der Waals surface area contributed by atoms with E-state index in [2.05, 4.69) is 4.98 Å². The molecule has 0 unspecified atom stereocenters. The highest BCUT2D eigenvalue weighted by atomic mass is 16.4. The Hall–Kier alpha value is -1.17. The lowest BCUT2D eigenvalue weighted by atomic mass is 9.75. The van der Waals surface area contributed by atoms with Crippen LogP contribution in [0.5, 0.6) is 0 Å². The molecule has 0 radical (unpaired) electrons. The summed E-state index contributed by atoms with van der Waals surface area (Å²) in [6.07, 6.45) is -0.629. The zero-order chi connectivity index (χ0) is 11.9. The van der Waals surface area contributed by atoms with Crippen molar-refractivity contribution in [2.45, 2.75) is 37.6 Å². The summed E-state index contributed by atoms with van der Waals surface area (Å²) in [5.41, 5.74) is -1.10. The maximum absolute atomic E-state index is 11.6. The fraction of sp³-hybridized carbons (Fsp3) is 0.545. The van der Waals surface area contributed by atoms with Crippen molar-refractivity contribution in [3.8, 4) is 0 Å². The van der Waals surface area contributed by atoms with Crippen molar-refractivity contribution in [3.63, 3.8) is 0 Å². The highest BCUT2D eigenvalue weighted by Crippen LogP contribution is 2.36. The normalized spacial score (nSPS) is 33.5. The standard InChI is InChI=1S/C11H15NO4/c1-2-11(16)7-3-4-12-10(15)6(7)5-8(13)9(11)14/h3-4,8-9,13-14,16H,2,5H2,1H3,(H,12,15)/t8-,9+,11-/m0/s1. The van der Waals surface area contributed by atoms with Crippen molar-refractivity contribution >= 4 is 0 Å². The third-order valence-corrected chi connectivity index (χ3v) is 3.34. The van der Waals surface area contributed by atoms with Gasteiger partial charge in [0, 0.05) is 18.2 Å². The fourth-order valence-corrected chi connectivity index (χ4v) is 2.32. The molecule has 88 valence electrons. The molecule has 0 bridgehead atoms. The second-order valence-corrected chi connectivity index (χ2v) is 4.19. The van der Waals surface area contributed by atoms with Crippen molar-refractivity contribution in [3.05, 3.63) is 33.7 Å². The third kappa shape index (κ3) is 1.40. The average molecular weight is 225 g/mol. The van der Waals surface area contributed by atoms with Crippen molar-refractivity contribution in [2.75, 3.05) is 0 Å². The Labute approximate surface area is 92.4 Å². The Bertz CT molecular complexity index is 456. The number of aliphatic hydroxyl groups excluding tert-OH is 2. The molecule has 0 aliphatic heterocycles. The van der Waals surface area contributed by atoms with Gasteiger partial charge in [0.15, 0.2) is 0 Å². The lowest BCUT2D eigenvalue weighted by Gasteiger charge is -2.40. The predicted molar refractivity (Wildman–Crippen MR) is 57.0 cm³/mol. The number of rotatable bonds is 1. The molecule has 16 heavy (non-hydrogen) atoms. The van der Waals surface area contributed by atoms with E-state index in [1.54, 1.807) is 13.0 Å². The molecule has 0 saturated heterocycles. The van der Waals surface area contributed by atoms with Crippen LogP contribution in [0.15, 0.2) is 17.1 Å². The minimum atomic E-state index is -1.54. The summed E-state index contributed by atoms with van der Waals surface area (Å²) in [6.45, 7) is 1.70. The van der Waals surface area contributed by atoms with Gasteiger partial charge in [-0.1, -0.05) is 6.92 Å². The first-order valence-corrected chi connectivity index (χ1v) is 5.30. The summed E-state index contributed by atoms with van der Waals surface area (Å²) in [5, 5.41) is 29.8. The lowest BCUT2D eigenvalue weighted by molar-refractivity contribution is -0.140. The molecule has 4 N–H and O–H groups in total. The Morgan fingerprint density at radius 1 is 1.56 bits per heavy atom. The van der Waals surface area contributed by atoms with Gasteiger partial charge in [-0.15, -0.1) is 0 Å². The zero-order valence-electron chi connectivity index (χ0n) is 8.97. The second kappa shape index (κ2) is 3.69. The van der Waals surface area contributed by atoms with Gasteiger partial charge in [-0.2, -0.15) is 0 Å². The largest absolute Gasteiger partial charge is 0.390 e. The number of aliphatic hydroxyl groups is 3. The van der Waals surface area contributed by atoms with Gasteiger partial charge in [-0.3, -0.25) is 4.79 Å². The van der Waals surface area contributed by atoms with Crippen molar-refractivity contribution in [1.29, 1.82) is 0 Å². The number of pyridine rings is 1. The van der Waals surface area contributed by atoms with E-state index >= 15 is 0 Å². The topological polar surface area (TPSA) is 93.5 Å². The van der Waals surface area contributed by atoms with Crippen LogP contribution in [0, 0.1) is 0 Å². The SMILES string of the molecule is CC[C@]1(O)c2cc[nH]c(=O)c2C[C@H](O)[C@H]1O. The summed E-state index contributed by atoms with van der Waals surface area (Å²) in [4.78, 5) is 14.1. The van der Waals surface area contributed by atoms with Crippen LogP contribution in [0.25, 0.3) is 0 Å². The molecule has 1 heterocycles. The number of hydrogen-bond acceptors (Lipinski definition) is 4. The van der Waals surface area contributed by atoms with E-state index < -0.39 is 17.8 Å². The summed E-state index contributed by atoms with van der Waals surface area (Å²) in [5.74, 6) is 0. The fourth-order valence-electron chi connectivity index (χ4n) is 2.32. The van der Waals surface area contributed by atoms with Gasteiger partial charge in [-0.05, 0) is 18.1 Å². The smallest absolute Gasteiger partial charge is 0.251 e. The average Bonchev–Trinajstić information content (AvgIpc) is 2.28. The van der Waals surface area contributed by atoms with E-state index in [0.717, 1.165) is 0 Å². The molecule has 0 spiro atoms. The van der Waals surface area contributed by atoms with Crippen molar-refractivity contribution < 1.29 is 15.3 Å². The van der Waals surface area contributed by atoms with E-state index in [1.807, 2.05) is 0 Å². The summed E-state index contributed by atoms with van der Waals surface area (Å²) < 4.78 is 0. The molecule has 1 aliphatic carbocycles. The van der Waals surface area contributed by atoms with Crippen LogP contribution >= 0.6 is 0 Å². The van der Waals surface area contributed by atoms with Crippen LogP contribution < -0.4 is 5.56 Å². The molecule has 2 rings (SSSR count). The number of nitrogens with one attached hydrogen (secondary N) is 1. The first-order chi connectivity index (χ1) is 7.50. The Balaban J connectivity index is 2.66. The summed E-state index contributed by atoms with van der Waals surface area (Å²) in [7, 11) is 0. The maximum Gasteiger partial charge on any atom is 0.251 e. The molecule has 1 aliphatic rings. The molecular weight excluding hydrogens is 210 g/mol. The van der Waals surface area contributed by atoms with Crippen LogP contribution in [0.3, 0.4) is 0 Å². The van der Waals surface area contributed by atoms with Gasteiger partial charge in [0.25, 0.3) is 5.56 Å². The molecule has 0 aromatic carbocycles. The van der Waals surface area contributed by atoms with Gasteiger partial charge in [0.1, 0.15) is 11.7 Å². The van der Waals surface area contributed by atoms with E-state index in [-0.39, 0.29) is 18.4 Å². The van der Waals surface area contributed by atoms with E-state index in [4.69, 9.17) is 0 Å².